The molecule has 1 aromatic carbocycles. The van der Waals surface area contributed by atoms with E-state index >= 15 is 0 Å². The summed E-state index contributed by atoms with van der Waals surface area (Å²) in [6.07, 6.45) is 0.0245. The Bertz CT molecular complexity index is 448. The fraction of sp³-hybridized carbons (Fsp3) is 0.533. The average molecular weight is 262 g/mol. The Kier molecular flexibility index (Phi) is 4.56. The Morgan fingerprint density at radius 3 is 3.00 bits per heavy atom. The van der Waals surface area contributed by atoms with E-state index in [4.69, 9.17) is 4.74 Å². The van der Waals surface area contributed by atoms with E-state index in [2.05, 4.69) is 30.4 Å². The molecule has 1 aliphatic rings. The number of nitrogens with zero attached hydrogens (tertiary/aromatic N) is 1. The van der Waals surface area contributed by atoms with E-state index in [1.165, 1.54) is 5.56 Å². The molecule has 2 unspecified atom stereocenters. The highest BCUT2D eigenvalue weighted by Crippen LogP contribution is 2.23. The monoisotopic (exact) mass is 262 g/mol. The van der Waals surface area contributed by atoms with Crippen molar-refractivity contribution in [2.45, 2.75) is 33.0 Å². The van der Waals surface area contributed by atoms with E-state index in [-0.39, 0.29) is 18.2 Å². The van der Waals surface area contributed by atoms with Crippen molar-refractivity contribution in [2.75, 3.05) is 19.7 Å². The first-order valence-electron chi connectivity index (χ1n) is 6.83. The molecule has 4 nitrogen and oxygen atoms in total. The van der Waals surface area contributed by atoms with Crippen LogP contribution in [0.1, 0.15) is 31.1 Å². The number of hydrogen-bond acceptors (Lipinski definition) is 3. The fourth-order valence-corrected chi connectivity index (χ4v) is 2.50. The summed E-state index contributed by atoms with van der Waals surface area (Å²) in [7, 11) is 0. The van der Waals surface area contributed by atoms with Gasteiger partial charge in [0, 0.05) is 13.2 Å². The Balaban J connectivity index is 2.13. The molecule has 0 spiro atoms. The van der Waals surface area contributed by atoms with E-state index in [9.17, 15) is 4.79 Å². The first-order valence-corrected chi connectivity index (χ1v) is 6.83. The normalized spacial score (nSPS) is 20.9. The molecule has 0 radical (unpaired) electrons. The summed E-state index contributed by atoms with van der Waals surface area (Å²) < 4.78 is 5.54. The highest BCUT2D eigenvalue weighted by molar-refractivity contribution is 5.81. The Morgan fingerprint density at radius 2 is 2.32 bits per heavy atom. The summed E-state index contributed by atoms with van der Waals surface area (Å²) in [5.41, 5.74) is 2.34. The molecule has 1 aromatic rings. The summed E-state index contributed by atoms with van der Waals surface area (Å²) in [4.78, 5) is 13.9. The van der Waals surface area contributed by atoms with Gasteiger partial charge in [-0.15, -0.1) is 0 Å². The quantitative estimate of drug-likeness (QED) is 0.880. The van der Waals surface area contributed by atoms with Gasteiger partial charge in [-0.2, -0.15) is 0 Å². The molecule has 1 amide bonds. The molecule has 0 saturated carbocycles. The van der Waals surface area contributed by atoms with Crippen molar-refractivity contribution in [3.63, 3.8) is 0 Å². The minimum Gasteiger partial charge on any atom is -0.377 e. The third kappa shape index (κ3) is 3.33. The van der Waals surface area contributed by atoms with Crippen molar-refractivity contribution < 1.29 is 9.53 Å². The van der Waals surface area contributed by atoms with E-state index < -0.39 is 0 Å². The second-order valence-electron chi connectivity index (χ2n) is 5.01. The lowest BCUT2D eigenvalue weighted by Gasteiger charge is -2.27. The zero-order valence-electron chi connectivity index (χ0n) is 11.8. The predicted molar refractivity (Wildman–Crippen MR) is 74.7 cm³/mol. The number of amides is 1. The van der Waals surface area contributed by atoms with Gasteiger partial charge in [0.1, 0.15) is 6.17 Å². The minimum absolute atomic E-state index is 0.0321. The molecule has 0 aliphatic carbocycles. The van der Waals surface area contributed by atoms with Crippen molar-refractivity contribution in [3.8, 4) is 0 Å². The molecule has 1 fully saturated rings. The SMILES string of the molecule is CCOC(C)CN1C(=O)CNC1c1cccc(C)c1. The van der Waals surface area contributed by atoms with Gasteiger partial charge in [-0.3, -0.25) is 10.1 Å². The highest BCUT2D eigenvalue weighted by Gasteiger charge is 2.32. The largest absolute Gasteiger partial charge is 0.377 e. The van der Waals surface area contributed by atoms with E-state index in [0.29, 0.717) is 19.7 Å². The lowest BCUT2D eigenvalue weighted by atomic mass is 10.1. The van der Waals surface area contributed by atoms with Crippen molar-refractivity contribution in [1.82, 2.24) is 10.2 Å². The van der Waals surface area contributed by atoms with Crippen LogP contribution in [-0.2, 0) is 9.53 Å². The number of aryl methyl sites for hydroxylation is 1. The zero-order valence-corrected chi connectivity index (χ0v) is 11.8. The molecule has 1 N–H and O–H groups in total. The van der Waals surface area contributed by atoms with E-state index in [1.54, 1.807) is 0 Å². The van der Waals surface area contributed by atoms with Gasteiger partial charge in [-0.1, -0.05) is 29.8 Å². The van der Waals surface area contributed by atoms with Gasteiger partial charge < -0.3 is 9.64 Å². The molecule has 2 atom stereocenters. The van der Waals surface area contributed by atoms with Crippen LogP contribution in [0.2, 0.25) is 0 Å². The molecule has 1 heterocycles. The summed E-state index contributed by atoms with van der Waals surface area (Å²) in [6.45, 7) is 7.73. The van der Waals surface area contributed by atoms with E-state index in [0.717, 1.165) is 5.56 Å². The molecule has 2 rings (SSSR count). The maximum atomic E-state index is 12.0. The van der Waals surface area contributed by atoms with Crippen LogP contribution < -0.4 is 5.32 Å². The summed E-state index contributed by atoms with van der Waals surface area (Å²) >= 11 is 0. The summed E-state index contributed by atoms with van der Waals surface area (Å²) in [6, 6.07) is 8.27. The van der Waals surface area contributed by atoms with Gasteiger partial charge in [0.2, 0.25) is 5.91 Å². The Morgan fingerprint density at radius 1 is 1.53 bits per heavy atom. The number of rotatable bonds is 5. The van der Waals surface area contributed by atoms with Crippen molar-refractivity contribution in [3.05, 3.63) is 35.4 Å². The number of ether oxygens (including phenoxy) is 1. The van der Waals surface area contributed by atoms with Crippen LogP contribution in [0.4, 0.5) is 0 Å². The van der Waals surface area contributed by atoms with Crippen LogP contribution >= 0.6 is 0 Å². The van der Waals surface area contributed by atoms with Gasteiger partial charge in [0.05, 0.1) is 12.6 Å². The van der Waals surface area contributed by atoms with Gasteiger partial charge in [0.15, 0.2) is 0 Å². The summed E-state index contributed by atoms with van der Waals surface area (Å²) in [5.74, 6) is 0.137. The maximum absolute atomic E-state index is 12.0. The van der Waals surface area contributed by atoms with Crippen LogP contribution in [0.25, 0.3) is 0 Å². The van der Waals surface area contributed by atoms with Crippen LogP contribution in [0, 0.1) is 6.92 Å². The first kappa shape index (κ1) is 14.0. The van der Waals surface area contributed by atoms with Gasteiger partial charge in [-0.25, -0.2) is 0 Å². The molecular formula is C15H22N2O2. The van der Waals surface area contributed by atoms with Gasteiger partial charge in [-0.05, 0) is 26.3 Å². The average Bonchev–Trinajstić information content (AvgIpc) is 2.71. The Labute approximate surface area is 114 Å². The second-order valence-corrected chi connectivity index (χ2v) is 5.01. The van der Waals surface area contributed by atoms with Crippen LogP contribution in [0.5, 0.6) is 0 Å². The number of benzene rings is 1. The Hall–Kier alpha value is -1.39. The van der Waals surface area contributed by atoms with E-state index in [1.807, 2.05) is 24.8 Å². The molecule has 1 aliphatic heterocycles. The third-order valence-electron chi connectivity index (χ3n) is 3.34. The minimum atomic E-state index is -0.0321. The topological polar surface area (TPSA) is 41.6 Å². The smallest absolute Gasteiger partial charge is 0.238 e. The molecule has 4 heteroatoms. The molecule has 0 bridgehead atoms. The molecule has 1 saturated heterocycles. The van der Waals surface area contributed by atoms with Gasteiger partial charge >= 0.3 is 0 Å². The van der Waals surface area contributed by atoms with Crippen molar-refractivity contribution in [1.29, 1.82) is 0 Å². The van der Waals surface area contributed by atoms with Crippen LogP contribution in [0.3, 0.4) is 0 Å². The first-order chi connectivity index (χ1) is 9.11. The second kappa shape index (κ2) is 6.17. The van der Waals surface area contributed by atoms with Crippen molar-refractivity contribution in [2.24, 2.45) is 0 Å². The van der Waals surface area contributed by atoms with Crippen LogP contribution in [0.15, 0.2) is 24.3 Å². The number of carbonyl (C=O) groups is 1. The number of hydrogen-bond donors (Lipinski definition) is 1. The van der Waals surface area contributed by atoms with Crippen molar-refractivity contribution >= 4 is 5.91 Å². The van der Waals surface area contributed by atoms with Crippen LogP contribution in [-0.4, -0.2) is 36.6 Å². The zero-order chi connectivity index (χ0) is 13.8. The highest BCUT2D eigenvalue weighted by atomic mass is 16.5. The maximum Gasteiger partial charge on any atom is 0.238 e. The molecule has 104 valence electrons. The lowest BCUT2D eigenvalue weighted by molar-refractivity contribution is -0.129. The molecule has 19 heavy (non-hydrogen) atoms. The predicted octanol–water partition coefficient (Wildman–Crippen LogP) is 1.85. The number of nitrogens with one attached hydrogen (secondary N) is 1. The number of carbonyl (C=O) groups excluding carboxylic acids is 1. The fourth-order valence-electron chi connectivity index (χ4n) is 2.50. The standard InChI is InChI=1S/C15H22N2O2/c1-4-19-12(3)10-17-14(18)9-16-15(17)13-7-5-6-11(2)8-13/h5-8,12,15-16H,4,9-10H2,1-3H3. The molecular weight excluding hydrogens is 240 g/mol. The lowest BCUT2D eigenvalue weighted by Crippen LogP contribution is -2.36. The molecule has 0 aromatic heterocycles. The third-order valence-corrected chi connectivity index (χ3v) is 3.34. The van der Waals surface area contributed by atoms with Gasteiger partial charge in [0.25, 0.3) is 0 Å². The summed E-state index contributed by atoms with van der Waals surface area (Å²) in [5, 5.41) is 3.27.